The first-order valence-electron chi connectivity index (χ1n) is 3.45. The normalized spacial score (nSPS) is 19.4. The number of phenols is 1. The standard InChI is InChI=1S/C7H7NO2.3ClH.Co/c9-6-4-2-1-3-5(6)7-8-10-7;;;;/h1-4,7-9H;3*1H;/q;;;;+3/p-3. The zero-order valence-electron chi connectivity index (χ0n) is 6.71. The van der Waals surface area contributed by atoms with E-state index in [1.165, 1.54) is 0 Å². The van der Waals surface area contributed by atoms with E-state index < -0.39 is 10.9 Å². The molecule has 1 aromatic carbocycles. The molecule has 0 amide bonds. The van der Waals surface area contributed by atoms with Gasteiger partial charge in [-0.3, -0.25) is 4.84 Å². The summed E-state index contributed by atoms with van der Waals surface area (Å²) in [7, 11) is 13.4. The third kappa shape index (κ3) is 4.70. The number of halogens is 3. The number of hydrogen-bond donors (Lipinski definition) is 2. The molecule has 0 radical (unpaired) electrons. The third-order valence-corrected chi connectivity index (χ3v) is 1.45. The summed E-state index contributed by atoms with van der Waals surface area (Å²) in [4.78, 5) is 4.77. The van der Waals surface area contributed by atoms with Gasteiger partial charge in [-0.25, -0.2) is 0 Å². The van der Waals surface area contributed by atoms with Gasteiger partial charge < -0.3 is 5.11 Å². The van der Waals surface area contributed by atoms with Crippen molar-refractivity contribution in [3.63, 3.8) is 0 Å². The van der Waals surface area contributed by atoms with Gasteiger partial charge in [-0.2, -0.15) is 5.48 Å². The van der Waals surface area contributed by atoms with Gasteiger partial charge in [0.1, 0.15) is 5.75 Å². The maximum atomic E-state index is 9.20. The number of nitrogens with one attached hydrogen (secondary N) is 1. The van der Waals surface area contributed by atoms with Gasteiger partial charge in [0.15, 0.2) is 6.23 Å². The Hall–Kier alpha value is 0.316. The minimum absolute atomic E-state index is 0.0961. The van der Waals surface area contributed by atoms with Crippen molar-refractivity contribution < 1.29 is 20.9 Å². The topological polar surface area (TPSA) is 54.7 Å². The van der Waals surface area contributed by atoms with Crippen molar-refractivity contribution in [2.24, 2.45) is 0 Å². The maximum absolute atomic E-state index is 9.20. The van der Waals surface area contributed by atoms with Crippen LogP contribution in [0.4, 0.5) is 0 Å². The van der Waals surface area contributed by atoms with Crippen molar-refractivity contribution in [2.45, 2.75) is 6.23 Å². The van der Waals surface area contributed by atoms with Crippen LogP contribution in [0.2, 0.25) is 0 Å². The summed E-state index contributed by atoms with van der Waals surface area (Å²) >= 11 is 0. The Labute approximate surface area is 98.4 Å². The van der Waals surface area contributed by atoms with E-state index in [-0.39, 0.29) is 12.0 Å². The van der Waals surface area contributed by atoms with Crippen LogP contribution in [0.3, 0.4) is 0 Å². The van der Waals surface area contributed by atoms with Crippen molar-refractivity contribution in [1.82, 2.24) is 5.48 Å². The summed E-state index contributed by atoms with van der Waals surface area (Å²) < 4.78 is 0. The van der Waals surface area contributed by atoms with E-state index in [0.29, 0.717) is 0 Å². The van der Waals surface area contributed by atoms with E-state index >= 15 is 0 Å². The first-order valence-corrected chi connectivity index (χ1v) is 7.74. The summed E-state index contributed by atoms with van der Waals surface area (Å²) in [6.45, 7) is 0. The zero-order valence-corrected chi connectivity index (χ0v) is 10.0. The number of hydroxylamine groups is 1. The molecule has 82 valence electrons. The number of hydrogen-bond acceptors (Lipinski definition) is 3. The average molecular weight is 302 g/mol. The Balaban J connectivity index is 0.000000213. The van der Waals surface area contributed by atoms with Crippen molar-refractivity contribution in [1.29, 1.82) is 0 Å². The number of para-hydroxylation sites is 1. The van der Waals surface area contributed by atoms with Crippen LogP contribution in [-0.2, 0) is 15.8 Å². The molecule has 1 atom stereocenters. The molecule has 1 saturated heterocycles. The van der Waals surface area contributed by atoms with E-state index in [4.69, 9.17) is 35.3 Å². The van der Waals surface area contributed by atoms with Gasteiger partial charge in [0.25, 0.3) is 0 Å². The van der Waals surface area contributed by atoms with Crippen molar-refractivity contribution in [3.05, 3.63) is 29.8 Å². The van der Waals surface area contributed by atoms with Gasteiger partial charge in [-0.15, -0.1) is 0 Å². The number of aromatic hydroxyl groups is 1. The molecule has 0 aliphatic carbocycles. The van der Waals surface area contributed by atoms with Crippen molar-refractivity contribution in [3.8, 4) is 5.75 Å². The molecular formula is C7H7Cl3CoNO2. The second kappa shape index (κ2) is 6.02. The van der Waals surface area contributed by atoms with Crippen LogP contribution >= 0.6 is 30.4 Å². The molecule has 1 fully saturated rings. The van der Waals surface area contributed by atoms with Crippen LogP contribution < -0.4 is 5.48 Å². The molecule has 1 unspecified atom stereocenters. The molecule has 0 aromatic heterocycles. The van der Waals surface area contributed by atoms with E-state index in [1.807, 2.05) is 12.1 Å². The summed E-state index contributed by atoms with van der Waals surface area (Å²) in [6.07, 6.45) is -0.0961. The third-order valence-electron chi connectivity index (χ3n) is 1.45. The Morgan fingerprint density at radius 3 is 2.21 bits per heavy atom. The molecule has 0 spiro atoms. The monoisotopic (exact) mass is 301 g/mol. The molecule has 1 heterocycles. The number of phenolic OH excluding ortho intramolecular Hbond substituents is 1. The van der Waals surface area contributed by atoms with Gasteiger partial charge in [0.05, 0.1) is 0 Å². The van der Waals surface area contributed by atoms with Crippen LogP contribution in [-0.4, -0.2) is 5.11 Å². The van der Waals surface area contributed by atoms with Crippen LogP contribution in [0.15, 0.2) is 24.3 Å². The summed E-state index contributed by atoms with van der Waals surface area (Å²) in [6, 6.07) is 7.10. The van der Waals surface area contributed by atoms with E-state index in [2.05, 4.69) is 5.48 Å². The second-order valence-corrected chi connectivity index (χ2v) is 7.48. The predicted molar refractivity (Wildman–Crippen MR) is 52.6 cm³/mol. The summed E-state index contributed by atoms with van der Waals surface area (Å²) in [5.41, 5.74) is 3.43. The first kappa shape index (κ1) is 12.4. The quantitative estimate of drug-likeness (QED) is 0.784. The van der Waals surface area contributed by atoms with Crippen molar-refractivity contribution in [2.75, 3.05) is 0 Å². The molecule has 14 heavy (non-hydrogen) atoms. The predicted octanol–water partition coefficient (Wildman–Crippen LogP) is 2.99. The average Bonchev–Trinajstić information content (AvgIpc) is 2.87. The molecule has 1 aromatic rings. The summed E-state index contributed by atoms with van der Waals surface area (Å²) in [5, 5.41) is 9.20. The molecule has 0 bridgehead atoms. The van der Waals surface area contributed by atoms with E-state index in [0.717, 1.165) is 5.56 Å². The fourth-order valence-electron chi connectivity index (χ4n) is 0.870. The SMILES string of the molecule is Oc1ccccc1C1NO1.[Cl][Co]([Cl])[Cl]. The fourth-order valence-corrected chi connectivity index (χ4v) is 0.870. The molecule has 1 aliphatic rings. The first-order chi connectivity index (χ1) is 6.61. The summed E-state index contributed by atoms with van der Waals surface area (Å²) in [5.74, 6) is 0.275. The zero-order chi connectivity index (χ0) is 10.6. The number of rotatable bonds is 1. The fraction of sp³-hybridized carbons (Fsp3) is 0.143. The molecular weight excluding hydrogens is 295 g/mol. The Morgan fingerprint density at radius 2 is 1.79 bits per heavy atom. The molecule has 1 aliphatic heterocycles. The van der Waals surface area contributed by atoms with Gasteiger partial charge in [-0.05, 0) is 6.07 Å². The molecule has 0 saturated carbocycles. The molecule has 2 rings (SSSR count). The van der Waals surface area contributed by atoms with E-state index in [1.54, 1.807) is 12.1 Å². The van der Waals surface area contributed by atoms with Gasteiger partial charge in [0, 0.05) is 5.56 Å². The molecule has 7 heteroatoms. The van der Waals surface area contributed by atoms with Crippen LogP contribution in [0.5, 0.6) is 5.75 Å². The number of benzene rings is 1. The Kier molecular flexibility index (Phi) is 5.33. The van der Waals surface area contributed by atoms with Gasteiger partial charge >= 0.3 is 41.4 Å². The van der Waals surface area contributed by atoms with Crippen LogP contribution in [0.25, 0.3) is 0 Å². The minimum atomic E-state index is -1.19. The molecule has 2 N–H and O–H groups in total. The second-order valence-electron chi connectivity index (χ2n) is 2.32. The van der Waals surface area contributed by atoms with Crippen LogP contribution in [0, 0.1) is 0 Å². The molecule has 3 nitrogen and oxygen atoms in total. The Bertz CT molecular complexity index is 293. The van der Waals surface area contributed by atoms with Crippen molar-refractivity contribution >= 4 is 30.4 Å². The Morgan fingerprint density at radius 1 is 1.29 bits per heavy atom. The van der Waals surface area contributed by atoms with Gasteiger partial charge in [-0.1, -0.05) is 18.2 Å². The van der Waals surface area contributed by atoms with E-state index in [9.17, 15) is 5.11 Å². The van der Waals surface area contributed by atoms with Gasteiger partial charge in [0.2, 0.25) is 0 Å². The van der Waals surface area contributed by atoms with Crippen LogP contribution in [0.1, 0.15) is 11.8 Å².